The lowest BCUT2D eigenvalue weighted by Gasteiger charge is -2.25. The maximum absolute atomic E-state index is 8.75. The summed E-state index contributed by atoms with van der Waals surface area (Å²) >= 11 is 0. The molecule has 1 aliphatic carbocycles. The number of hydrogen-bond acceptors (Lipinski definition) is 3. The molecule has 0 radical (unpaired) electrons. The molecular formula is C20H28N6. The third-order valence-electron chi connectivity index (χ3n) is 5.89. The van der Waals surface area contributed by atoms with E-state index in [1.165, 1.54) is 43.4 Å². The lowest BCUT2D eigenvalue weighted by molar-refractivity contribution is 0.355. The molecule has 26 heavy (non-hydrogen) atoms. The summed E-state index contributed by atoms with van der Waals surface area (Å²) in [4.78, 5) is 8.88. The fourth-order valence-corrected chi connectivity index (χ4v) is 4.34. The topological polar surface area (TPSA) is 64.4 Å². The molecule has 0 saturated heterocycles. The third-order valence-corrected chi connectivity index (χ3v) is 5.89. The van der Waals surface area contributed by atoms with Crippen molar-refractivity contribution in [1.82, 2.24) is 23.7 Å². The smallest absolute Gasteiger partial charge is 0.146 e. The Balaban J connectivity index is 1.64. The Hall–Kier alpha value is -2.37. The average molecular weight is 352 g/mol. The predicted octanol–water partition coefficient (Wildman–Crippen LogP) is 3.73. The fourth-order valence-electron chi connectivity index (χ4n) is 4.34. The molecule has 1 N–H and O–H groups in total. The van der Waals surface area contributed by atoms with Crippen LogP contribution in [0.2, 0.25) is 0 Å². The molecule has 1 aliphatic rings. The van der Waals surface area contributed by atoms with E-state index in [0.717, 1.165) is 30.5 Å². The maximum atomic E-state index is 8.75. The van der Waals surface area contributed by atoms with Gasteiger partial charge in [0.1, 0.15) is 11.1 Å². The van der Waals surface area contributed by atoms with Gasteiger partial charge in [0.05, 0.1) is 18.0 Å². The SMILES string of the molecule is Cc1c(C)n(C2CCCCC2)c2ncn(CCCn3ccnc3)c(=N)c12. The number of rotatable bonds is 5. The normalized spacial score (nSPS) is 15.8. The molecule has 3 heterocycles. The largest absolute Gasteiger partial charge is 0.337 e. The minimum Gasteiger partial charge on any atom is -0.337 e. The van der Waals surface area contributed by atoms with Crippen LogP contribution in [0, 0.1) is 19.3 Å². The highest BCUT2D eigenvalue weighted by atomic mass is 15.1. The van der Waals surface area contributed by atoms with Crippen LogP contribution in [-0.4, -0.2) is 23.7 Å². The van der Waals surface area contributed by atoms with Gasteiger partial charge in [0, 0.05) is 37.2 Å². The average Bonchev–Trinajstić information content (AvgIpc) is 3.25. The number of nitrogens with one attached hydrogen (secondary N) is 1. The van der Waals surface area contributed by atoms with Crippen LogP contribution in [0.4, 0.5) is 0 Å². The van der Waals surface area contributed by atoms with Gasteiger partial charge in [0.25, 0.3) is 0 Å². The summed E-state index contributed by atoms with van der Waals surface area (Å²) < 4.78 is 6.47. The quantitative estimate of drug-likeness (QED) is 0.760. The van der Waals surface area contributed by atoms with Crippen molar-refractivity contribution in [1.29, 1.82) is 5.41 Å². The molecule has 0 atom stereocenters. The van der Waals surface area contributed by atoms with Gasteiger partial charge in [-0.2, -0.15) is 0 Å². The van der Waals surface area contributed by atoms with Gasteiger partial charge in [-0.3, -0.25) is 5.41 Å². The van der Waals surface area contributed by atoms with Gasteiger partial charge in [-0.15, -0.1) is 0 Å². The van der Waals surface area contributed by atoms with Crippen LogP contribution in [0.15, 0.2) is 25.0 Å². The summed E-state index contributed by atoms with van der Waals surface area (Å²) in [6.07, 6.45) is 14.9. The van der Waals surface area contributed by atoms with Crippen molar-refractivity contribution in [2.75, 3.05) is 0 Å². The molecule has 0 aliphatic heterocycles. The Bertz CT molecular complexity index is 941. The molecule has 3 aromatic heterocycles. The standard InChI is InChI=1S/C20H28N6/c1-15-16(2)26(17-7-4-3-5-8-17)20-18(15)19(21)25(14-23-20)11-6-10-24-12-9-22-13-24/h9,12-14,17,21H,3-8,10-11H2,1-2H3. The monoisotopic (exact) mass is 352 g/mol. The summed E-state index contributed by atoms with van der Waals surface area (Å²) in [5, 5.41) is 9.77. The summed E-state index contributed by atoms with van der Waals surface area (Å²) in [6.45, 7) is 6.04. The Kier molecular flexibility index (Phi) is 4.66. The van der Waals surface area contributed by atoms with E-state index in [1.54, 1.807) is 6.20 Å². The van der Waals surface area contributed by atoms with Gasteiger partial charge in [-0.05, 0) is 38.7 Å². The van der Waals surface area contributed by atoms with Crippen molar-refractivity contribution >= 4 is 11.0 Å². The first-order valence-corrected chi connectivity index (χ1v) is 9.73. The molecule has 0 spiro atoms. The molecule has 1 saturated carbocycles. The van der Waals surface area contributed by atoms with Gasteiger partial charge in [0.2, 0.25) is 0 Å². The van der Waals surface area contributed by atoms with Gasteiger partial charge in [0.15, 0.2) is 0 Å². The minimum atomic E-state index is 0.545. The highest BCUT2D eigenvalue weighted by molar-refractivity contribution is 5.80. The lowest BCUT2D eigenvalue weighted by Crippen LogP contribution is -2.22. The highest BCUT2D eigenvalue weighted by Gasteiger charge is 2.22. The highest BCUT2D eigenvalue weighted by Crippen LogP contribution is 2.33. The van der Waals surface area contributed by atoms with Crippen LogP contribution in [0.3, 0.4) is 0 Å². The second kappa shape index (κ2) is 7.09. The maximum Gasteiger partial charge on any atom is 0.146 e. The lowest BCUT2D eigenvalue weighted by atomic mass is 9.95. The summed E-state index contributed by atoms with van der Waals surface area (Å²) in [7, 11) is 0. The Morgan fingerprint density at radius 1 is 1.12 bits per heavy atom. The van der Waals surface area contributed by atoms with Gasteiger partial charge in [-0.25, -0.2) is 9.97 Å². The Labute approximate surface area is 154 Å². The van der Waals surface area contributed by atoms with E-state index in [2.05, 4.69) is 28.0 Å². The molecule has 4 rings (SSSR count). The van der Waals surface area contributed by atoms with Crippen molar-refractivity contribution in [3.05, 3.63) is 41.8 Å². The number of fused-ring (bicyclic) bond motifs is 1. The number of nitrogens with zero attached hydrogens (tertiary/aromatic N) is 5. The summed E-state index contributed by atoms with van der Waals surface area (Å²) in [5.41, 5.74) is 4.09. The van der Waals surface area contributed by atoms with Crippen LogP contribution in [0.25, 0.3) is 11.0 Å². The van der Waals surface area contributed by atoms with Gasteiger partial charge in [-0.1, -0.05) is 19.3 Å². The third kappa shape index (κ3) is 2.97. The molecule has 3 aromatic rings. The van der Waals surface area contributed by atoms with Crippen LogP contribution in [-0.2, 0) is 13.1 Å². The molecular weight excluding hydrogens is 324 g/mol. The first-order chi connectivity index (χ1) is 12.7. The van der Waals surface area contributed by atoms with Crippen molar-refractivity contribution in [3.63, 3.8) is 0 Å². The molecule has 0 unspecified atom stereocenters. The number of aryl methyl sites for hydroxylation is 3. The van der Waals surface area contributed by atoms with Crippen molar-refractivity contribution in [2.45, 2.75) is 71.5 Å². The zero-order valence-corrected chi connectivity index (χ0v) is 15.8. The minimum absolute atomic E-state index is 0.545. The van der Waals surface area contributed by atoms with E-state index in [0.29, 0.717) is 11.5 Å². The van der Waals surface area contributed by atoms with E-state index in [4.69, 9.17) is 10.4 Å². The van der Waals surface area contributed by atoms with Gasteiger partial charge < -0.3 is 13.7 Å². The van der Waals surface area contributed by atoms with Crippen molar-refractivity contribution in [3.8, 4) is 0 Å². The van der Waals surface area contributed by atoms with E-state index < -0.39 is 0 Å². The molecule has 1 fully saturated rings. The van der Waals surface area contributed by atoms with E-state index >= 15 is 0 Å². The molecule has 6 nitrogen and oxygen atoms in total. The van der Waals surface area contributed by atoms with Crippen LogP contribution < -0.4 is 5.49 Å². The second-order valence-corrected chi connectivity index (χ2v) is 7.51. The second-order valence-electron chi connectivity index (χ2n) is 7.51. The first-order valence-electron chi connectivity index (χ1n) is 9.73. The molecule has 138 valence electrons. The molecule has 6 heteroatoms. The fraction of sp³-hybridized carbons (Fsp3) is 0.550. The van der Waals surface area contributed by atoms with E-state index in [9.17, 15) is 0 Å². The molecule has 0 amide bonds. The van der Waals surface area contributed by atoms with E-state index in [1.807, 2.05) is 23.4 Å². The number of hydrogen-bond donors (Lipinski definition) is 1. The van der Waals surface area contributed by atoms with Gasteiger partial charge >= 0.3 is 0 Å². The van der Waals surface area contributed by atoms with E-state index in [-0.39, 0.29) is 0 Å². The number of imidazole rings is 1. The zero-order chi connectivity index (χ0) is 18.1. The Morgan fingerprint density at radius 2 is 1.92 bits per heavy atom. The van der Waals surface area contributed by atoms with Crippen molar-refractivity contribution in [2.24, 2.45) is 0 Å². The van der Waals surface area contributed by atoms with Crippen LogP contribution in [0.5, 0.6) is 0 Å². The zero-order valence-electron chi connectivity index (χ0n) is 15.8. The molecule has 0 aromatic carbocycles. The summed E-state index contributed by atoms with van der Waals surface area (Å²) in [5.74, 6) is 0. The first kappa shape index (κ1) is 17.1. The predicted molar refractivity (Wildman–Crippen MR) is 102 cm³/mol. The van der Waals surface area contributed by atoms with Crippen LogP contribution >= 0.6 is 0 Å². The Morgan fingerprint density at radius 3 is 2.65 bits per heavy atom. The summed E-state index contributed by atoms with van der Waals surface area (Å²) in [6, 6.07) is 0.545. The number of aromatic nitrogens is 5. The van der Waals surface area contributed by atoms with Crippen LogP contribution in [0.1, 0.15) is 55.8 Å². The molecule has 0 bridgehead atoms. The van der Waals surface area contributed by atoms with Crippen molar-refractivity contribution < 1.29 is 0 Å².